The molecule has 1 N–H and O–H groups in total. The van der Waals surface area contributed by atoms with Crippen molar-refractivity contribution in [2.45, 2.75) is 31.2 Å². The maximum absolute atomic E-state index is 12.2. The zero-order valence-corrected chi connectivity index (χ0v) is 14.9. The van der Waals surface area contributed by atoms with Crippen LogP contribution in [-0.2, 0) is 14.8 Å². The number of hydrogen-bond donors (Lipinski definition) is 1. The maximum atomic E-state index is 12.2. The summed E-state index contributed by atoms with van der Waals surface area (Å²) in [4.78, 5) is 18.2. The first-order valence-corrected chi connectivity index (χ1v) is 8.90. The molecule has 0 spiro atoms. The highest BCUT2D eigenvalue weighted by molar-refractivity contribution is 7.89. The molecule has 1 aromatic carbocycles. The zero-order chi connectivity index (χ0) is 17.9. The third kappa shape index (κ3) is 3.82. The number of hydrogen-bond acceptors (Lipinski definition) is 6. The van der Waals surface area contributed by atoms with Crippen LogP contribution in [0.1, 0.15) is 20.3 Å². The van der Waals surface area contributed by atoms with E-state index in [2.05, 4.69) is 15.6 Å². The van der Waals surface area contributed by atoms with Gasteiger partial charge in [-0.05, 0) is 36.8 Å². The third-order valence-corrected chi connectivity index (χ3v) is 5.31. The van der Waals surface area contributed by atoms with E-state index >= 15 is 0 Å². The molecular formula is C14H21N5O4S. The van der Waals surface area contributed by atoms with E-state index in [0.29, 0.717) is 11.0 Å². The normalized spacial score (nSPS) is 13.2. The Balaban J connectivity index is 2.21. The molecular weight excluding hydrogens is 334 g/mol. The molecule has 0 fully saturated rings. The molecule has 1 amide bonds. The van der Waals surface area contributed by atoms with Crippen molar-refractivity contribution in [1.29, 1.82) is 0 Å². The Labute approximate surface area is 140 Å². The lowest BCUT2D eigenvalue weighted by atomic mass is 10.2. The van der Waals surface area contributed by atoms with Gasteiger partial charge >= 0.3 is 0 Å². The third-order valence-electron chi connectivity index (χ3n) is 3.50. The van der Waals surface area contributed by atoms with Gasteiger partial charge in [0.1, 0.15) is 11.0 Å². The fourth-order valence-electron chi connectivity index (χ4n) is 1.88. The van der Waals surface area contributed by atoms with Gasteiger partial charge in [-0.2, -0.15) is 0 Å². The predicted octanol–water partition coefficient (Wildman–Crippen LogP) is 0.0249. The van der Waals surface area contributed by atoms with Crippen molar-refractivity contribution in [1.82, 2.24) is 24.8 Å². The Kier molecular flexibility index (Phi) is 5.40. The highest BCUT2D eigenvalue weighted by Gasteiger charge is 2.19. The van der Waals surface area contributed by atoms with Crippen LogP contribution in [0.25, 0.3) is 11.0 Å². The van der Waals surface area contributed by atoms with E-state index in [-0.39, 0.29) is 23.5 Å². The number of amides is 1. The molecule has 0 radical (unpaired) electrons. The zero-order valence-electron chi connectivity index (χ0n) is 14.1. The molecule has 24 heavy (non-hydrogen) atoms. The number of carbonyl (C=O) groups is 1. The van der Waals surface area contributed by atoms with E-state index in [1.165, 1.54) is 32.3 Å². The van der Waals surface area contributed by atoms with Crippen LogP contribution in [0, 0.1) is 0 Å². The van der Waals surface area contributed by atoms with Crippen LogP contribution in [0.15, 0.2) is 23.1 Å². The van der Waals surface area contributed by atoms with Gasteiger partial charge < -0.3 is 10.2 Å². The van der Waals surface area contributed by atoms with Crippen molar-refractivity contribution in [2.75, 3.05) is 20.7 Å². The molecule has 0 aliphatic rings. The number of benzene rings is 1. The Morgan fingerprint density at radius 1 is 1.42 bits per heavy atom. The second-order valence-electron chi connectivity index (χ2n) is 5.55. The van der Waals surface area contributed by atoms with Crippen LogP contribution >= 0.6 is 0 Å². The minimum atomic E-state index is -3.58. The summed E-state index contributed by atoms with van der Waals surface area (Å²) < 4.78 is 25.5. The van der Waals surface area contributed by atoms with Gasteiger partial charge in [-0.3, -0.25) is 4.79 Å². The van der Waals surface area contributed by atoms with Crippen molar-refractivity contribution in [3.05, 3.63) is 18.2 Å². The van der Waals surface area contributed by atoms with Gasteiger partial charge in [-0.25, -0.2) is 12.7 Å². The van der Waals surface area contributed by atoms with E-state index in [1.807, 2.05) is 13.8 Å². The van der Waals surface area contributed by atoms with Gasteiger partial charge in [0.05, 0.1) is 4.90 Å². The molecule has 2 aromatic rings. The first-order chi connectivity index (χ1) is 11.3. The van der Waals surface area contributed by atoms with Crippen LogP contribution < -0.4 is 10.2 Å². The molecule has 1 aromatic heterocycles. The number of nitrogens with zero attached hydrogens (tertiary/aromatic N) is 4. The number of aromatic nitrogens is 3. The second kappa shape index (κ2) is 7.14. The summed E-state index contributed by atoms with van der Waals surface area (Å²) in [6.45, 7) is 3.61. The molecule has 1 heterocycles. The Hall–Kier alpha value is -2.20. The average Bonchev–Trinajstić information content (AvgIpc) is 2.94. The van der Waals surface area contributed by atoms with Crippen LogP contribution in [0.4, 0.5) is 0 Å². The molecule has 10 heteroatoms. The summed E-state index contributed by atoms with van der Waals surface area (Å²) in [6.07, 6.45) is 0.809. The van der Waals surface area contributed by atoms with Gasteiger partial charge in [0, 0.05) is 20.1 Å². The number of fused-ring (bicyclic) bond motifs is 1. The SMILES string of the molecule is CC[C@@H](C)NC(=O)COn1nnc2ccc(S(=O)(=O)N(C)C)cc21. The molecule has 2 rings (SSSR count). The van der Waals surface area contributed by atoms with Crippen molar-refractivity contribution in [2.24, 2.45) is 0 Å². The number of nitrogens with one attached hydrogen (secondary N) is 1. The Bertz CT molecular complexity index is 831. The van der Waals surface area contributed by atoms with Gasteiger partial charge in [0.25, 0.3) is 5.91 Å². The molecule has 132 valence electrons. The van der Waals surface area contributed by atoms with Gasteiger partial charge in [0.2, 0.25) is 10.0 Å². The van der Waals surface area contributed by atoms with Gasteiger partial charge in [-0.15, -0.1) is 5.10 Å². The first-order valence-electron chi connectivity index (χ1n) is 7.46. The van der Waals surface area contributed by atoms with Crippen LogP contribution in [0.2, 0.25) is 0 Å². The summed E-state index contributed by atoms with van der Waals surface area (Å²) >= 11 is 0. The minimum absolute atomic E-state index is 0.0467. The van der Waals surface area contributed by atoms with Gasteiger partial charge in [0.15, 0.2) is 6.61 Å². The van der Waals surface area contributed by atoms with Crippen LogP contribution in [-0.4, -0.2) is 60.5 Å². The number of carbonyl (C=O) groups excluding carboxylic acids is 1. The summed E-state index contributed by atoms with van der Waals surface area (Å²) in [6, 6.07) is 4.45. The summed E-state index contributed by atoms with van der Waals surface area (Å²) in [5.74, 6) is -0.287. The quantitative estimate of drug-likeness (QED) is 0.751. The lowest BCUT2D eigenvalue weighted by Gasteiger charge is -2.12. The molecule has 0 aliphatic carbocycles. The average molecular weight is 355 g/mol. The molecule has 0 aliphatic heterocycles. The molecule has 0 saturated heterocycles. The van der Waals surface area contributed by atoms with Crippen LogP contribution in [0.5, 0.6) is 0 Å². The molecule has 1 atom stereocenters. The van der Waals surface area contributed by atoms with Crippen molar-refractivity contribution < 1.29 is 18.0 Å². The van der Waals surface area contributed by atoms with Gasteiger partial charge in [-0.1, -0.05) is 11.8 Å². The molecule has 0 unspecified atom stereocenters. The van der Waals surface area contributed by atoms with Crippen molar-refractivity contribution in [3.8, 4) is 0 Å². The molecule has 0 saturated carbocycles. The highest BCUT2D eigenvalue weighted by atomic mass is 32.2. The lowest BCUT2D eigenvalue weighted by molar-refractivity contribution is -0.126. The molecule has 0 bridgehead atoms. The second-order valence-corrected chi connectivity index (χ2v) is 7.70. The van der Waals surface area contributed by atoms with Crippen LogP contribution in [0.3, 0.4) is 0 Å². The van der Waals surface area contributed by atoms with E-state index in [4.69, 9.17) is 4.84 Å². The van der Waals surface area contributed by atoms with E-state index < -0.39 is 10.0 Å². The highest BCUT2D eigenvalue weighted by Crippen LogP contribution is 2.18. The summed E-state index contributed by atoms with van der Waals surface area (Å²) in [5, 5.41) is 10.4. The first kappa shape index (κ1) is 18.1. The lowest BCUT2D eigenvalue weighted by Crippen LogP contribution is -2.37. The predicted molar refractivity (Wildman–Crippen MR) is 87.7 cm³/mol. The maximum Gasteiger partial charge on any atom is 0.260 e. The van der Waals surface area contributed by atoms with E-state index in [1.54, 1.807) is 0 Å². The van der Waals surface area contributed by atoms with E-state index in [0.717, 1.165) is 15.6 Å². The Morgan fingerprint density at radius 2 is 2.12 bits per heavy atom. The number of rotatable bonds is 7. The van der Waals surface area contributed by atoms with Crippen molar-refractivity contribution >= 4 is 27.0 Å². The largest absolute Gasteiger partial charge is 0.385 e. The smallest absolute Gasteiger partial charge is 0.260 e. The minimum Gasteiger partial charge on any atom is -0.385 e. The number of sulfonamides is 1. The standard InChI is InChI=1S/C14H21N5O4S/c1-5-10(2)15-14(20)9-23-19-13-8-11(24(21,22)18(3)4)6-7-12(13)16-17-19/h6-8,10H,5,9H2,1-4H3,(H,15,20)/t10-/m1/s1. The fraction of sp³-hybridized carbons (Fsp3) is 0.500. The van der Waals surface area contributed by atoms with E-state index in [9.17, 15) is 13.2 Å². The Morgan fingerprint density at radius 3 is 2.75 bits per heavy atom. The summed E-state index contributed by atoms with van der Waals surface area (Å²) in [5.41, 5.74) is 0.837. The topological polar surface area (TPSA) is 106 Å². The summed E-state index contributed by atoms with van der Waals surface area (Å²) in [7, 11) is -0.686. The fourth-order valence-corrected chi connectivity index (χ4v) is 2.81. The molecule has 9 nitrogen and oxygen atoms in total. The monoisotopic (exact) mass is 355 g/mol. The van der Waals surface area contributed by atoms with Crippen molar-refractivity contribution in [3.63, 3.8) is 0 Å².